The Hall–Kier alpha value is -2.95. The van der Waals surface area contributed by atoms with Crippen molar-refractivity contribution in [3.8, 4) is 11.1 Å². The summed E-state index contributed by atoms with van der Waals surface area (Å²) in [7, 11) is -1.90. The molecule has 0 saturated heterocycles. The van der Waals surface area contributed by atoms with Crippen LogP contribution < -0.4 is 10.3 Å². The molecule has 0 fully saturated rings. The zero-order valence-corrected chi connectivity index (χ0v) is 24.0. The third-order valence-corrected chi connectivity index (χ3v) is 9.77. The van der Waals surface area contributed by atoms with Gasteiger partial charge in [0.1, 0.15) is 5.82 Å². The third-order valence-electron chi connectivity index (χ3n) is 6.27. The second-order valence-electron chi connectivity index (χ2n) is 10.3. The van der Waals surface area contributed by atoms with E-state index in [1.54, 1.807) is 31.4 Å². The second kappa shape index (κ2) is 11.4. The number of hydrogen-bond acceptors (Lipinski definition) is 5. The molecule has 38 heavy (non-hydrogen) atoms. The molecule has 0 radical (unpaired) electrons. The normalized spacial score (nSPS) is 13.8. The van der Waals surface area contributed by atoms with E-state index >= 15 is 0 Å². The largest absolute Gasteiger partial charge is 0.318 e. The van der Waals surface area contributed by atoms with Gasteiger partial charge in [-0.3, -0.25) is 13.8 Å². The SMILES string of the molecule is CNS(=O)(=O)Cc1ccc(C(=O)c2ccc(F)cc2)c(-c2cn(C)c(=O)cc2[C@H](C)C[S@@](=O)C(C)(C)C)c1. The smallest absolute Gasteiger partial charge is 0.250 e. The molecule has 1 N–H and O–H groups in total. The maximum absolute atomic E-state index is 13.6. The molecule has 0 aliphatic heterocycles. The van der Waals surface area contributed by atoms with Crippen LogP contribution in [0, 0.1) is 5.82 Å². The Balaban J connectivity index is 2.27. The summed E-state index contributed by atoms with van der Waals surface area (Å²) >= 11 is 0. The molecule has 1 heterocycles. The molecule has 204 valence electrons. The van der Waals surface area contributed by atoms with Crippen LogP contribution in [0.3, 0.4) is 0 Å². The maximum atomic E-state index is 13.6. The summed E-state index contributed by atoms with van der Waals surface area (Å²) in [4.78, 5) is 26.2. The van der Waals surface area contributed by atoms with Crippen molar-refractivity contribution in [2.75, 3.05) is 12.8 Å². The van der Waals surface area contributed by atoms with Gasteiger partial charge < -0.3 is 4.57 Å². The van der Waals surface area contributed by atoms with Crippen LogP contribution in [0.25, 0.3) is 11.1 Å². The molecule has 7 nitrogen and oxygen atoms in total. The lowest BCUT2D eigenvalue weighted by Gasteiger charge is -2.23. The van der Waals surface area contributed by atoms with Crippen LogP contribution in [0.15, 0.2) is 59.5 Å². The molecule has 1 aromatic heterocycles. The Morgan fingerprint density at radius 2 is 1.71 bits per heavy atom. The van der Waals surface area contributed by atoms with E-state index in [2.05, 4.69) is 4.72 Å². The average Bonchev–Trinajstić information content (AvgIpc) is 2.84. The first kappa shape index (κ1) is 29.6. The molecule has 3 aromatic rings. The number of rotatable bonds is 9. The van der Waals surface area contributed by atoms with Crippen molar-refractivity contribution < 1.29 is 21.8 Å². The van der Waals surface area contributed by atoms with Crippen molar-refractivity contribution in [1.29, 1.82) is 0 Å². The van der Waals surface area contributed by atoms with Gasteiger partial charge in [-0.1, -0.05) is 19.1 Å². The molecule has 0 amide bonds. The van der Waals surface area contributed by atoms with E-state index in [9.17, 15) is 26.6 Å². The van der Waals surface area contributed by atoms with Gasteiger partial charge in [-0.25, -0.2) is 17.5 Å². The summed E-state index contributed by atoms with van der Waals surface area (Å²) in [6.45, 7) is 7.52. The van der Waals surface area contributed by atoms with Crippen LogP contribution in [0.2, 0.25) is 0 Å². The first-order valence-electron chi connectivity index (χ1n) is 12.1. The van der Waals surface area contributed by atoms with Crippen LogP contribution >= 0.6 is 0 Å². The predicted molar refractivity (Wildman–Crippen MR) is 150 cm³/mol. The van der Waals surface area contributed by atoms with Crippen LogP contribution in [-0.4, -0.2) is 40.5 Å². The summed E-state index contributed by atoms with van der Waals surface area (Å²) in [5.74, 6) is -1.19. The standard InChI is InChI=1S/C28H33FN2O5S2/c1-18(16-37(34)28(2,3)4)23-14-26(32)31(6)15-25(23)24-13-19(17-38(35,36)30-5)7-12-22(24)27(33)20-8-10-21(29)11-9-20/h7-15,18,30H,16-17H2,1-6H3/t18-,37-/m1/s1. The van der Waals surface area contributed by atoms with E-state index in [0.29, 0.717) is 28.0 Å². The number of aryl methyl sites for hydroxylation is 1. The minimum absolute atomic E-state index is 0.261. The number of nitrogens with zero attached hydrogens (tertiary/aromatic N) is 1. The molecule has 3 rings (SSSR count). The van der Waals surface area contributed by atoms with E-state index in [1.807, 2.05) is 27.7 Å². The van der Waals surface area contributed by atoms with Crippen molar-refractivity contribution in [3.63, 3.8) is 0 Å². The fourth-order valence-corrected chi connectivity index (χ4v) is 5.89. The summed E-state index contributed by atoms with van der Waals surface area (Å²) in [5.41, 5.74) is 2.30. The van der Waals surface area contributed by atoms with Crippen LogP contribution in [0.4, 0.5) is 4.39 Å². The summed E-state index contributed by atoms with van der Waals surface area (Å²) < 4.78 is 54.3. The van der Waals surface area contributed by atoms with Gasteiger partial charge in [0.15, 0.2) is 5.78 Å². The Kier molecular flexibility index (Phi) is 8.90. The third kappa shape index (κ3) is 6.92. The fourth-order valence-electron chi connectivity index (χ4n) is 3.99. The molecule has 0 aliphatic rings. The van der Waals surface area contributed by atoms with Crippen molar-refractivity contribution in [3.05, 3.63) is 93.2 Å². The quantitative estimate of drug-likeness (QED) is 0.397. The van der Waals surface area contributed by atoms with Gasteiger partial charge in [-0.15, -0.1) is 0 Å². The average molecular weight is 561 g/mol. The zero-order chi connectivity index (χ0) is 28.4. The predicted octanol–water partition coefficient (Wildman–Crippen LogP) is 4.12. The van der Waals surface area contributed by atoms with Gasteiger partial charge in [-0.2, -0.15) is 0 Å². The zero-order valence-electron chi connectivity index (χ0n) is 22.4. The van der Waals surface area contributed by atoms with Gasteiger partial charge in [0.2, 0.25) is 10.0 Å². The highest BCUT2D eigenvalue weighted by Gasteiger charge is 2.26. The molecule has 10 heteroatoms. The molecule has 0 spiro atoms. The fraction of sp³-hybridized carbons (Fsp3) is 0.357. The molecule has 0 saturated carbocycles. The highest BCUT2D eigenvalue weighted by Crippen LogP contribution is 2.34. The van der Waals surface area contributed by atoms with Gasteiger partial charge in [-0.05, 0) is 80.8 Å². The number of halogens is 1. The first-order chi connectivity index (χ1) is 17.6. The summed E-state index contributed by atoms with van der Waals surface area (Å²) in [5, 5.41) is 0. The molecule has 2 atom stereocenters. The van der Waals surface area contributed by atoms with E-state index in [-0.39, 0.29) is 34.1 Å². The number of aromatic nitrogens is 1. The van der Waals surface area contributed by atoms with E-state index in [1.165, 1.54) is 41.9 Å². The molecular formula is C28H33FN2O5S2. The van der Waals surface area contributed by atoms with Gasteiger partial charge in [0, 0.05) is 57.3 Å². The van der Waals surface area contributed by atoms with Gasteiger partial charge in [0.05, 0.1) is 5.75 Å². The minimum Gasteiger partial charge on any atom is -0.318 e. The molecule has 0 bridgehead atoms. The molecule has 2 aromatic carbocycles. The van der Waals surface area contributed by atoms with Crippen LogP contribution in [-0.2, 0) is 33.6 Å². The van der Waals surface area contributed by atoms with Crippen molar-refractivity contribution in [1.82, 2.24) is 9.29 Å². The monoisotopic (exact) mass is 560 g/mol. The summed E-state index contributed by atoms with van der Waals surface area (Å²) in [6, 6.07) is 11.4. The topological polar surface area (TPSA) is 102 Å². The number of hydrogen-bond donors (Lipinski definition) is 1. The van der Waals surface area contributed by atoms with E-state index in [4.69, 9.17) is 0 Å². The van der Waals surface area contributed by atoms with Crippen molar-refractivity contribution in [2.24, 2.45) is 7.05 Å². The number of nitrogens with one attached hydrogen (secondary N) is 1. The lowest BCUT2D eigenvalue weighted by Crippen LogP contribution is -2.27. The lowest BCUT2D eigenvalue weighted by atomic mass is 9.88. The van der Waals surface area contributed by atoms with Crippen LogP contribution in [0.1, 0.15) is 60.7 Å². The van der Waals surface area contributed by atoms with Crippen molar-refractivity contribution >= 4 is 26.6 Å². The summed E-state index contributed by atoms with van der Waals surface area (Å²) in [6.07, 6.45) is 1.61. The molecule has 0 aliphatic carbocycles. The van der Waals surface area contributed by atoms with Crippen LogP contribution in [0.5, 0.6) is 0 Å². The van der Waals surface area contributed by atoms with Gasteiger partial charge >= 0.3 is 0 Å². The Morgan fingerprint density at radius 1 is 1.08 bits per heavy atom. The van der Waals surface area contributed by atoms with E-state index < -0.39 is 31.4 Å². The Bertz CT molecular complexity index is 1540. The minimum atomic E-state index is -3.61. The first-order valence-corrected chi connectivity index (χ1v) is 15.0. The van der Waals surface area contributed by atoms with E-state index in [0.717, 1.165) is 0 Å². The number of sulfonamides is 1. The molecule has 0 unspecified atom stereocenters. The molecular weight excluding hydrogens is 527 g/mol. The number of benzene rings is 2. The van der Waals surface area contributed by atoms with Crippen molar-refractivity contribution in [2.45, 2.75) is 44.1 Å². The number of pyridine rings is 1. The van der Waals surface area contributed by atoms with Gasteiger partial charge in [0.25, 0.3) is 5.56 Å². The highest BCUT2D eigenvalue weighted by atomic mass is 32.2. The second-order valence-corrected chi connectivity index (χ2v) is 14.5. The number of carbonyl (C=O) groups excluding carboxylic acids is 1. The lowest BCUT2D eigenvalue weighted by molar-refractivity contribution is 0.103. The number of ketones is 1. The Labute approximate surface area is 225 Å². The maximum Gasteiger partial charge on any atom is 0.250 e. The Morgan fingerprint density at radius 3 is 2.29 bits per heavy atom. The highest BCUT2D eigenvalue weighted by molar-refractivity contribution is 7.88. The number of carbonyl (C=O) groups is 1.